The van der Waals surface area contributed by atoms with Crippen molar-refractivity contribution in [3.05, 3.63) is 76.9 Å². The summed E-state index contributed by atoms with van der Waals surface area (Å²) in [6.07, 6.45) is 1.35. The van der Waals surface area contributed by atoms with Gasteiger partial charge in [0.05, 0.1) is 0 Å². The number of carbonyl (C=O) groups is 1. The lowest BCUT2D eigenvalue weighted by Crippen LogP contribution is -2.43. The van der Waals surface area contributed by atoms with Gasteiger partial charge in [-0.25, -0.2) is 0 Å². The molecule has 0 radical (unpaired) electrons. The average molecular weight is 494 g/mol. The third-order valence-electron chi connectivity index (χ3n) is 7.10. The molecule has 0 aromatic heterocycles. The maximum Gasteiger partial charge on any atom is 0.285 e. The molecule has 0 spiro atoms. The molecule has 0 bridgehead atoms. The molecular weight excluding hydrogens is 458 g/mol. The number of rotatable bonds is 6. The van der Waals surface area contributed by atoms with Crippen LogP contribution >= 0.6 is 0 Å². The maximum atomic E-state index is 12.9. The normalized spacial score (nSPS) is 19.1. The molecular formula is C28H35N3O3S. The largest absolute Gasteiger partial charge is 0.356 e. The van der Waals surface area contributed by atoms with Crippen LogP contribution in [0.4, 0.5) is 0 Å². The van der Waals surface area contributed by atoms with E-state index in [1.807, 2.05) is 54.3 Å². The summed E-state index contributed by atoms with van der Waals surface area (Å²) in [6, 6.07) is 17.9. The van der Waals surface area contributed by atoms with Crippen LogP contribution in [0.1, 0.15) is 69.1 Å². The van der Waals surface area contributed by atoms with E-state index in [1.54, 1.807) is 0 Å². The fourth-order valence-corrected chi connectivity index (χ4v) is 6.34. The van der Waals surface area contributed by atoms with E-state index < -0.39 is 10.0 Å². The first kappa shape index (κ1) is 25.2. The molecule has 2 aromatic carbocycles. The van der Waals surface area contributed by atoms with Crippen LogP contribution in [0.3, 0.4) is 0 Å². The molecule has 1 amide bonds. The number of nitrogens with one attached hydrogen (secondary N) is 1. The van der Waals surface area contributed by atoms with Gasteiger partial charge in [0.15, 0.2) is 0 Å². The summed E-state index contributed by atoms with van der Waals surface area (Å²) < 4.78 is 30.0. The summed E-state index contributed by atoms with van der Waals surface area (Å²) >= 11 is 0. The molecule has 1 saturated heterocycles. The topological polar surface area (TPSA) is 78.8 Å². The lowest BCUT2D eigenvalue weighted by molar-refractivity contribution is -0.126. The lowest BCUT2D eigenvalue weighted by Gasteiger charge is -2.33. The van der Waals surface area contributed by atoms with Crippen LogP contribution in [0.5, 0.6) is 0 Å². The van der Waals surface area contributed by atoms with Gasteiger partial charge in [0.2, 0.25) is 5.91 Å². The van der Waals surface area contributed by atoms with Gasteiger partial charge in [0, 0.05) is 31.1 Å². The van der Waals surface area contributed by atoms with E-state index in [2.05, 4.69) is 42.6 Å². The summed E-state index contributed by atoms with van der Waals surface area (Å²) in [7, 11) is -3.75. The van der Waals surface area contributed by atoms with Gasteiger partial charge in [-0.15, -0.1) is 4.40 Å². The van der Waals surface area contributed by atoms with E-state index in [9.17, 15) is 13.2 Å². The zero-order valence-corrected chi connectivity index (χ0v) is 21.8. The minimum absolute atomic E-state index is 0.0693. The fraction of sp³-hybridized carbons (Fsp3) is 0.429. The van der Waals surface area contributed by atoms with Gasteiger partial charge < -0.3 is 10.2 Å². The van der Waals surface area contributed by atoms with E-state index in [0.29, 0.717) is 55.4 Å². The highest BCUT2D eigenvalue weighted by Crippen LogP contribution is 2.35. The van der Waals surface area contributed by atoms with Crippen LogP contribution in [-0.2, 0) is 14.8 Å². The number of amidine groups is 1. The van der Waals surface area contributed by atoms with Crippen LogP contribution < -0.4 is 5.32 Å². The number of hydrogen-bond donors (Lipinski definition) is 1. The molecule has 186 valence electrons. The Labute approximate surface area is 209 Å². The third-order valence-corrected chi connectivity index (χ3v) is 8.57. The Kier molecular flexibility index (Phi) is 7.45. The van der Waals surface area contributed by atoms with Crippen molar-refractivity contribution in [1.82, 2.24) is 10.2 Å². The quantitative estimate of drug-likeness (QED) is 0.620. The first-order chi connectivity index (χ1) is 16.7. The SMILES string of the molecule is CC1=C(c2ccc(C(C)C)cc2)S(=O)(=O)N=C1N1CCC(C(=O)NC[C@H](C)c2ccccc2)CC1. The van der Waals surface area contributed by atoms with Crippen LogP contribution in [-0.4, -0.2) is 44.7 Å². The van der Waals surface area contributed by atoms with Gasteiger partial charge in [0.1, 0.15) is 10.7 Å². The molecule has 2 heterocycles. The summed E-state index contributed by atoms with van der Waals surface area (Å²) in [4.78, 5) is 15.1. The predicted octanol–water partition coefficient (Wildman–Crippen LogP) is 4.91. The molecule has 35 heavy (non-hydrogen) atoms. The molecule has 2 aliphatic rings. The van der Waals surface area contributed by atoms with E-state index >= 15 is 0 Å². The molecule has 1 N–H and O–H groups in total. The summed E-state index contributed by atoms with van der Waals surface area (Å²) in [6.45, 7) is 9.99. The smallest absolute Gasteiger partial charge is 0.285 e. The van der Waals surface area contributed by atoms with Crippen molar-refractivity contribution in [2.24, 2.45) is 10.3 Å². The first-order valence-corrected chi connectivity index (χ1v) is 13.9. The summed E-state index contributed by atoms with van der Waals surface area (Å²) in [5.41, 5.74) is 3.73. The van der Waals surface area contributed by atoms with E-state index in [4.69, 9.17) is 0 Å². The van der Waals surface area contributed by atoms with Crippen molar-refractivity contribution in [1.29, 1.82) is 0 Å². The van der Waals surface area contributed by atoms with Gasteiger partial charge in [-0.3, -0.25) is 4.79 Å². The van der Waals surface area contributed by atoms with Gasteiger partial charge in [-0.2, -0.15) is 8.42 Å². The van der Waals surface area contributed by atoms with Crippen molar-refractivity contribution in [2.45, 2.75) is 52.4 Å². The number of nitrogens with zero attached hydrogens (tertiary/aromatic N) is 2. The monoisotopic (exact) mass is 493 g/mol. The Hall–Kier alpha value is -2.93. The highest BCUT2D eigenvalue weighted by molar-refractivity contribution is 8.00. The van der Waals surface area contributed by atoms with E-state index in [0.717, 1.165) is 0 Å². The molecule has 1 atom stereocenters. The van der Waals surface area contributed by atoms with Crippen LogP contribution in [0.2, 0.25) is 0 Å². The average Bonchev–Trinajstić information content (AvgIpc) is 3.11. The lowest BCUT2D eigenvalue weighted by atomic mass is 9.94. The molecule has 1 fully saturated rings. The molecule has 4 rings (SSSR count). The van der Waals surface area contributed by atoms with Crippen LogP contribution in [0, 0.1) is 5.92 Å². The van der Waals surface area contributed by atoms with Crippen molar-refractivity contribution in [2.75, 3.05) is 19.6 Å². The zero-order valence-electron chi connectivity index (χ0n) is 21.0. The molecule has 0 aliphatic carbocycles. The van der Waals surface area contributed by atoms with Crippen molar-refractivity contribution >= 4 is 26.7 Å². The number of carbonyl (C=O) groups excluding carboxylic acids is 1. The van der Waals surface area contributed by atoms with Gasteiger partial charge in [-0.1, -0.05) is 75.4 Å². The first-order valence-electron chi connectivity index (χ1n) is 12.4. The Balaban J connectivity index is 1.38. The summed E-state index contributed by atoms with van der Waals surface area (Å²) in [5.74, 6) is 1.15. The van der Waals surface area contributed by atoms with E-state index in [1.165, 1.54) is 11.1 Å². The third kappa shape index (κ3) is 5.50. The standard InChI is InChI=1S/C28H35N3O3S/c1-19(2)22-10-12-24(13-11-22)26-21(4)27(30-35(26,33)34)31-16-14-25(15-17-31)28(32)29-18-20(3)23-8-6-5-7-9-23/h5-13,19-20,25H,14-18H2,1-4H3,(H,29,32)/t20-/m0/s1. The van der Waals surface area contributed by atoms with Crippen molar-refractivity contribution < 1.29 is 13.2 Å². The molecule has 0 unspecified atom stereocenters. The highest BCUT2D eigenvalue weighted by atomic mass is 32.2. The minimum Gasteiger partial charge on any atom is -0.356 e. The van der Waals surface area contributed by atoms with Crippen molar-refractivity contribution in [3.63, 3.8) is 0 Å². The molecule has 2 aromatic rings. The number of hydrogen-bond acceptors (Lipinski definition) is 4. The molecule has 6 nitrogen and oxygen atoms in total. The number of sulfonamides is 1. The second kappa shape index (κ2) is 10.4. The second-order valence-electron chi connectivity index (χ2n) is 9.94. The Morgan fingerprint density at radius 2 is 1.63 bits per heavy atom. The maximum absolute atomic E-state index is 12.9. The molecule has 7 heteroatoms. The number of piperidine rings is 1. The van der Waals surface area contributed by atoms with Gasteiger partial charge >= 0.3 is 0 Å². The van der Waals surface area contributed by atoms with Crippen LogP contribution in [0.15, 0.2) is 64.6 Å². The number of amides is 1. The Morgan fingerprint density at radius 3 is 2.23 bits per heavy atom. The second-order valence-corrected chi connectivity index (χ2v) is 11.5. The van der Waals surface area contributed by atoms with Gasteiger partial charge in [-0.05, 0) is 48.3 Å². The van der Waals surface area contributed by atoms with E-state index in [-0.39, 0.29) is 22.6 Å². The number of likely N-dealkylation sites (tertiary alicyclic amines) is 1. The summed E-state index contributed by atoms with van der Waals surface area (Å²) in [5, 5.41) is 3.10. The number of benzene rings is 2. The van der Waals surface area contributed by atoms with Gasteiger partial charge in [0.25, 0.3) is 10.0 Å². The molecule has 2 aliphatic heterocycles. The Morgan fingerprint density at radius 1 is 1.00 bits per heavy atom. The van der Waals surface area contributed by atoms with Crippen LogP contribution in [0.25, 0.3) is 4.91 Å². The minimum atomic E-state index is -3.75. The zero-order chi connectivity index (χ0) is 25.2. The Bertz CT molecular complexity index is 1220. The molecule has 0 saturated carbocycles. The fourth-order valence-electron chi connectivity index (χ4n) is 4.85. The predicted molar refractivity (Wildman–Crippen MR) is 142 cm³/mol. The van der Waals surface area contributed by atoms with Crippen molar-refractivity contribution in [3.8, 4) is 0 Å². The highest BCUT2D eigenvalue weighted by Gasteiger charge is 2.35.